The van der Waals surface area contributed by atoms with Crippen LogP contribution in [0.15, 0.2) is 83.8 Å². The molecule has 0 radical (unpaired) electrons. The maximum Gasteiger partial charge on any atom is 0.261 e. The number of rotatable bonds is 7. The number of methoxy groups -OCH3 is 1. The van der Waals surface area contributed by atoms with Gasteiger partial charge in [0.15, 0.2) is 0 Å². The molecule has 0 aliphatic rings. The zero-order valence-electron chi connectivity index (χ0n) is 15.3. The maximum atomic E-state index is 12.5. The maximum absolute atomic E-state index is 12.5. The summed E-state index contributed by atoms with van der Waals surface area (Å²) in [7, 11) is -2.26. The van der Waals surface area contributed by atoms with Crippen LogP contribution in [-0.4, -0.2) is 21.4 Å². The van der Waals surface area contributed by atoms with Crippen LogP contribution in [0.5, 0.6) is 5.75 Å². The van der Waals surface area contributed by atoms with E-state index in [1.165, 1.54) is 25.3 Å². The first kappa shape index (κ1) is 19.4. The van der Waals surface area contributed by atoms with Crippen molar-refractivity contribution in [2.24, 2.45) is 0 Å². The predicted molar refractivity (Wildman–Crippen MR) is 108 cm³/mol. The molecule has 144 valence electrons. The number of benzene rings is 3. The smallest absolute Gasteiger partial charge is 0.261 e. The van der Waals surface area contributed by atoms with E-state index in [2.05, 4.69) is 10.0 Å². The van der Waals surface area contributed by atoms with Crippen molar-refractivity contribution < 1.29 is 17.9 Å². The van der Waals surface area contributed by atoms with E-state index in [-0.39, 0.29) is 10.8 Å². The van der Waals surface area contributed by atoms with E-state index < -0.39 is 10.0 Å². The summed E-state index contributed by atoms with van der Waals surface area (Å²) in [5.41, 5.74) is 1.65. The third-order valence-corrected chi connectivity index (χ3v) is 5.44. The van der Waals surface area contributed by atoms with Crippen molar-refractivity contribution in [1.82, 2.24) is 5.32 Å². The fourth-order valence-electron chi connectivity index (χ4n) is 2.57. The SMILES string of the molecule is COc1ccc(S(=O)(=O)Nc2cccc(C(=O)NCc3ccccc3)c2)cc1. The number of sulfonamides is 1. The molecular formula is C21H20N2O4S. The van der Waals surface area contributed by atoms with Crippen molar-refractivity contribution in [2.75, 3.05) is 11.8 Å². The second kappa shape index (κ2) is 8.58. The summed E-state index contributed by atoms with van der Waals surface area (Å²) in [5, 5.41) is 2.82. The Labute approximate surface area is 164 Å². The van der Waals surface area contributed by atoms with E-state index in [4.69, 9.17) is 4.74 Å². The van der Waals surface area contributed by atoms with E-state index in [9.17, 15) is 13.2 Å². The molecule has 7 heteroatoms. The van der Waals surface area contributed by atoms with Crippen LogP contribution in [0.4, 0.5) is 5.69 Å². The van der Waals surface area contributed by atoms with Crippen molar-refractivity contribution >= 4 is 21.6 Å². The molecule has 0 spiro atoms. The normalized spacial score (nSPS) is 10.9. The fraction of sp³-hybridized carbons (Fsp3) is 0.0952. The van der Waals surface area contributed by atoms with Gasteiger partial charge in [-0.05, 0) is 48.0 Å². The topological polar surface area (TPSA) is 84.5 Å². The van der Waals surface area contributed by atoms with Crippen LogP contribution in [0.1, 0.15) is 15.9 Å². The van der Waals surface area contributed by atoms with Crippen molar-refractivity contribution in [3.05, 3.63) is 90.0 Å². The Bertz CT molecular complexity index is 1050. The fourth-order valence-corrected chi connectivity index (χ4v) is 3.62. The Hall–Kier alpha value is -3.32. The molecule has 1 amide bonds. The highest BCUT2D eigenvalue weighted by atomic mass is 32.2. The Morgan fingerprint density at radius 2 is 1.64 bits per heavy atom. The van der Waals surface area contributed by atoms with Crippen molar-refractivity contribution in [3.63, 3.8) is 0 Å². The first-order valence-corrected chi connectivity index (χ1v) is 10.1. The first-order valence-electron chi connectivity index (χ1n) is 8.57. The number of nitrogens with one attached hydrogen (secondary N) is 2. The molecule has 2 N–H and O–H groups in total. The van der Waals surface area contributed by atoms with Crippen LogP contribution in [0.25, 0.3) is 0 Å². The molecule has 0 heterocycles. The number of hydrogen-bond donors (Lipinski definition) is 2. The van der Waals surface area contributed by atoms with Gasteiger partial charge in [-0.3, -0.25) is 9.52 Å². The van der Waals surface area contributed by atoms with E-state index in [0.29, 0.717) is 23.5 Å². The highest BCUT2D eigenvalue weighted by molar-refractivity contribution is 7.92. The quantitative estimate of drug-likeness (QED) is 0.641. The molecule has 3 aromatic carbocycles. The third kappa shape index (κ3) is 4.89. The Kier molecular flexibility index (Phi) is 5.96. The molecule has 0 saturated heterocycles. The summed E-state index contributed by atoms with van der Waals surface area (Å²) in [4.78, 5) is 12.5. The molecule has 0 aromatic heterocycles. The average molecular weight is 396 g/mol. The summed E-state index contributed by atoms with van der Waals surface area (Å²) in [6.45, 7) is 0.390. The van der Waals surface area contributed by atoms with Gasteiger partial charge in [-0.15, -0.1) is 0 Å². The molecule has 0 bridgehead atoms. The van der Waals surface area contributed by atoms with Gasteiger partial charge in [0.2, 0.25) is 0 Å². The van der Waals surface area contributed by atoms with Crippen LogP contribution in [0.3, 0.4) is 0 Å². The van der Waals surface area contributed by atoms with Gasteiger partial charge in [0.05, 0.1) is 12.0 Å². The number of anilines is 1. The zero-order valence-corrected chi connectivity index (χ0v) is 16.1. The molecule has 0 atom stereocenters. The van der Waals surface area contributed by atoms with Gasteiger partial charge in [0.25, 0.3) is 15.9 Å². The van der Waals surface area contributed by atoms with Gasteiger partial charge in [-0.25, -0.2) is 8.42 Å². The molecule has 0 aliphatic carbocycles. The Balaban J connectivity index is 1.70. The molecule has 3 rings (SSSR count). The minimum absolute atomic E-state index is 0.104. The number of hydrogen-bond acceptors (Lipinski definition) is 4. The lowest BCUT2D eigenvalue weighted by Gasteiger charge is -2.10. The van der Waals surface area contributed by atoms with Crippen LogP contribution in [0.2, 0.25) is 0 Å². The second-order valence-electron chi connectivity index (χ2n) is 6.03. The standard InChI is InChI=1S/C21H20N2O4S/c1-27-19-10-12-20(13-11-19)28(25,26)23-18-9-5-8-17(14-18)21(24)22-15-16-6-3-2-4-7-16/h2-14,23H,15H2,1H3,(H,22,24). The Morgan fingerprint density at radius 1 is 0.929 bits per heavy atom. The van der Waals surface area contributed by atoms with Gasteiger partial charge in [-0.2, -0.15) is 0 Å². The van der Waals surface area contributed by atoms with Crippen LogP contribution >= 0.6 is 0 Å². The van der Waals surface area contributed by atoms with Crippen LogP contribution < -0.4 is 14.8 Å². The third-order valence-electron chi connectivity index (χ3n) is 4.04. The molecular weight excluding hydrogens is 376 g/mol. The molecule has 3 aromatic rings. The summed E-state index contributed by atoms with van der Waals surface area (Å²) in [6, 6.07) is 21.9. The van der Waals surface area contributed by atoms with Crippen molar-refractivity contribution in [3.8, 4) is 5.75 Å². The van der Waals surface area contributed by atoms with Gasteiger partial charge < -0.3 is 10.1 Å². The lowest BCUT2D eigenvalue weighted by Crippen LogP contribution is -2.23. The van der Waals surface area contributed by atoms with E-state index in [1.54, 1.807) is 30.3 Å². The second-order valence-corrected chi connectivity index (χ2v) is 7.71. The summed E-state index contributed by atoms with van der Waals surface area (Å²) in [5.74, 6) is 0.283. The average Bonchev–Trinajstić information content (AvgIpc) is 2.72. The van der Waals surface area contributed by atoms with Crippen molar-refractivity contribution in [2.45, 2.75) is 11.4 Å². The number of ether oxygens (including phenoxy) is 1. The van der Waals surface area contributed by atoms with E-state index in [0.717, 1.165) is 5.56 Å². The molecule has 0 aliphatic heterocycles. The zero-order chi connectivity index (χ0) is 20.0. The van der Waals surface area contributed by atoms with Crippen molar-refractivity contribution in [1.29, 1.82) is 0 Å². The lowest BCUT2D eigenvalue weighted by molar-refractivity contribution is 0.0951. The highest BCUT2D eigenvalue weighted by Crippen LogP contribution is 2.20. The predicted octanol–water partition coefficient (Wildman–Crippen LogP) is 3.43. The van der Waals surface area contributed by atoms with Crippen LogP contribution in [0, 0.1) is 0 Å². The largest absolute Gasteiger partial charge is 0.497 e. The molecule has 28 heavy (non-hydrogen) atoms. The van der Waals surface area contributed by atoms with Gasteiger partial charge >= 0.3 is 0 Å². The van der Waals surface area contributed by atoms with Gasteiger partial charge in [0.1, 0.15) is 5.75 Å². The summed E-state index contributed by atoms with van der Waals surface area (Å²) in [6.07, 6.45) is 0. The molecule has 6 nitrogen and oxygen atoms in total. The van der Waals surface area contributed by atoms with Gasteiger partial charge in [0, 0.05) is 17.8 Å². The number of carbonyl (C=O) groups excluding carboxylic acids is 1. The lowest BCUT2D eigenvalue weighted by atomic mass is 10.2. The van der Waals surface area contributed by atoms with Crippen LogP contribution in [-0.2, 0) is 16.6 Å². The molecule has 0 unspecified atom stereocenters. The summed E-state index contributed by atoms with van der Waals surface area (Å²) < 4.78 is 32.6. The highest BCUT2D eigenvalue weighted by Gasteiger charge is 2.15. The van der Waals surface area contributed by atoms with E-state index in [1.807, 2.05) is 30.3 Å². The number of amides is 1. The van der Waals surface area contributed by atoms with Gasteiger partial charge in [-0.1, -0.05) is 36.4 Å². The Morgan fingerprint density at radius 3 is 2.32 bits per heavy atom. The monoisotopic (exact) mass is 396 g/mol. The first-order chi connectivity index (χ1) is 13.5. The number of carbonyl (C=O) groups is 1. The minimum atomic E-state index is -3.77. The minimum Gasteiger partial charge on any atom is -0.497 e. The summed E-state index contributed by atoms with van der Waals surface area (Å²) >= 11 is 0. The molecule has 0 fully saturated rings. The van der Waals surface area contributed by atoms with E-state index >= 15 is 0 Å². The molecule has 0 saturated carbocycles.